The summed E-state index contributed by atoms with van der Waals surface area (Å²) in [5, 5.41) is 2.67. The van der Waals surface area contributed by atoms with E-state index in [1.807, 2.05) is 12.1 Å². The van der Waals surface area contributed by atoms with E-state index in [2.05, 4.69) is 20.3 Å². The normalized spacial score (nSPS) is 10.2. The third-order valence-corrected chi connectivity index (χ3v) is 3.17. The second kappa shape index (κ2) is 7.19. The van der Waals surface area contributed by atoms with Gasteiger partial charge in [-0.15, -0.1) is 0 Å². The molecule has 0 spiro atoms. The molecule has 2 N–H and O–H groups in total. The highest BCUT2D eigenvalue weighted by atomic mass is 16.5. The van der Waals surface area contributed by atoms with Crippen LogP contribution in [0.15, 0.2) is 61.1 Å². The predicted octanol–water partition coefficient (Wildman–Crippen LogP) is 1.95. The van der Waals surface area contributed by atoms with E-state index in [1.54, 1.807) is 42.6 Å². The fraction of sp³-hybridized carbons (Fsp3) is 0.0588. The third-order valence-electron chi connectivity index (χ3n) is 3.17. The van der Waals surface area contributed by atoms with Crippen molar-refractivity contribution in [3.63, 3.8) is 0 Å². The molecule has 7 heteroatoms. The van der Waals surface area contributed by atoms with Crippen LogP contribution in [0, 0.1) is 0 Å². The zero-order valence-electron chi connectivity index (χ0n) is 12.6. The summed E-state index contributed by atoms with van der Waals surface area (Å²) in [5.41, 5.74) is 0.680. The Balaban J connectivity index is 1.68. The van der Waals surface area contributed by atoms with Gasteiger partial charge in [0.25, 0.3) is 5.91 Å². The summed E-state index contributed by atoms with van der Waals surface area (Å²) in [4.78, 5) is 35.1. The smallest absolute Gasteiger partial charge is 0.362 e. The Kier molecular flexibility index (Phi) is 4.62. The summed E-state index contributed by atoms with van der Waals surface area (Å²) in [6.45, 7) is 0.236. The van der Waals surface area contributed by atoms with E-state index in [-0.39, 0.29) is 17.9 Å². The van der Waals surface area contributed by atoms with E-state index >= 15 is 0 Å². The molecule has 0 bridgehead atoms. The van der Waals surface area contributed by atoms with E-state index in [0.717, 1.165) is 0 Å². The minimum absolute atomic E-state index is 0.00243. The fourth-order valence-corrected chi connectivity index (χ4v) is 2.03. The Labute approximate surface area is 137 Å². The van der Waals surface area contributed by atoms with Crippen LogP contribution >= 0.6 is 0 Å². The summed E-state index contributed by atoms with van der Waals surface area (Å²) in [7, 11) is 0. The first-order valence-corrected chi connectivity index (χ1v) is 7.23. The lowest BCUT2D eigenvalue weighted by molar-refractivity contribution is 0.0722. The number of rotatable bonds is 5. The zero-order chi connectivity index (χ0) is 16.8. The molecule has 2 aromatic heterocycles. The number of ether oxygens (including phenoxy) is 1. The molecular weight excluding hydrogens is 308 g/mol. The Hall–Kier alpha value is -3.48. The van der Waals surface area contributed by atoms with Crippen LogP contribution < -0.4 is 10.1 Å². The highest BCUT2D eigenvalue weighted by Gasteiger charge is 2.22. The predicted molar refractivity (Wildman–Crippen MR) is 85.4 cm³/mol. The first kappa shape index (κ1) is 15.4. The summed E-state index contributed by atoms with van der Waals surface area (Å²) < 4.78 is 5.21. The van der Waals surface area contributed by atoms with Crippen LogP contribution in [0.25, 0.3) is 0 Å². The number of nitrogens with zero attached hydrogens (tertiary/aromatic N) is 2. The van der Waals surface area contributed by atoms with Gasteiger partial charge >= 0.3 is 5.97 Å². The number of carbonyl (C=O) groups excluding carboxylic acids is 2. The summed E-state index contributed by atoms with van der Waals surface area (Å²) in [6.07, 6.45) is 2.91. The number of hydrogen-bond acceptors (Lipinski definition) is 5. The van der Waals surface area contributed by atoms with Crippen molar-refractivity contribution in [1.82, 2.24) is 20.3 Å². The Morgan fingerprint density at radius 3 is 2.58 bits per heavy atom. The largest absolute Gasteiger partial charge is 0.422 e. The summed E-state index contributed by atoms with van der Waals surface area (Å²) in [6, 6.07) is 14.0. The zero-order valence-corrected chi connectivity index (χ0v) is 12.6. The van der Waals surface area contributed by atoms with E-state index < -0.39 is 11.9 Å². The third kappa shape index (κ3) is 3.64. The van der Waals surface area contributed by atoms with Gasteiger partial charge < -0.3 is 15.0 Å². The van der Waals surface area contributed by atoms with E-state index in [4.69, 9.17) is 4.74 Å². The lowest BCUT2D eigenvalue weighted by atomic mass is 10.3. The molecule has 0 aliphatic carbocycles. The van der Waals surface area contributed by atoms with Gasteiger partial charge in [0.15, 0.2) is 11.4 Å². The second-order valence-electron chi connectivity index (χ2n) is 4.83. The number of aromatic nitrogens is 3. The Bertz CT molecular complexity index is 831. The van der Waals surface area contributed by atoms with Crippen molar-refractivity contribution in [3.8, 4) is 5.75 Å². The van der Waals surface area contributed by atoms with Gasteiger partial charge in [-0.05, 0) is 24.3 Å². The average Bonchev–Trinajstić information content (AvgIpc) is 3.11. The van der Waals surface area contributed by atoms with Crippen molar-refractivity contribution in [2.45, 2.75) is 6.54 Å². The Morgan fingerprint density at radius 1 is 1.04 bits per heavy atom. The molecule has 3 rings (SSSR count). The van der Waals surface area contributed by atoms with Crippen LogP contribution in [0.5, 0.6) is 5.75 Å². The van der Waals surface area contributed by atoms with Crippen LogP contribution in [0.3, 0.4) is 0 Å². The number of benzene rings is 1. The Morgan fingerprint density at radius 2 is 1.83 bits per heavy atom. The number of para-hydroxylation sites is 1. The second-order valence-corrected chi connectivity index (χ2v) is 4.83. The first-order chi connectivity index (χ1) is 11.7. The van der Waals surface area contributed by atoms with Crippen molar-refractivity contribution in [2.75, 3.05) is 0 Å². The van der Waals surface area contributed by atoms with E-state index in [0.29, 0.717) is 11.4 Å². The average molecular weight is 322 g/mol. The number of amides is 1. The molecule has 24 heavy (non-hydrogen) atoms. The molecule has 0 radical (unpaired) electrons. The lowest BCUT2D eigenvalue weighted by Crippen LogP contribution is -2.26. The number of hydrogen-bond donors (Lipinski definition) is 2. The number of pyridine rings is 1. The van der Waals surface area contributed by atoms with Crippen molar-refractivity contribution >= 4 is 11.9 Å². The highest BCUT2D eigenvalue weighted by molar-refractivity contribution is 6.03. The molecule has 1 amide bonds. The number of esters is 1. The molecule has 120 valence electrons. The van der Waals surface area contributed by atoms with Gasteiger partial charge in [-0.2, -0.15) is 0 Å². The van der Waals surface area contributed by atoms with Gasteiger partial charge in [0.1, 0.15) is 5.75 Å². The molecule has 0 saturated carbocycles. The number of nitrogens with one attached hydrogen (secondary N) is 2. The number of imidazole rings is 1. The van der Waals surface area contributed by atoms with Gasteiger partial charge in [-0.25, -0.2) is 9.78 Å². The summed E-state index contributed by atoms with van der Waals surface area (Å²) in [5.74, 6) is -0.777. The van der Waals surface area contributed by atoms with Crippen molar-refractivity contribution in [2.24, 2.45) is 0 Å². The van der Waals surface area contributed by atoms with Crippen LogP contribution in [0.2, 0.25) is 0 Å². The van der Waals surface area contributed by atoms with Crippen LogP contribution in [-0.2, 0) is 6.54 Å². The van der Waals surface area contributed by atoms with Gasteiger partial charge in [-0.1, -0.05) is 24.3 Å². The summed E-state index contributed by atoms with van der Waals surface area (Å²) >= 11 is 0. The van der Waals surface area contributed by atoms with Crippen molar-refractivity contribution in [3.05, 3.63) is 78.1 Å². The van der Waals surface area contributed by atoms with Crippen LogP contribution in [0.4, 0.5) is 0 Å². The molecule has 0 aliphatic rings. The standard InChI is InChI=1S/C17H14N4O3/c22-16(19-10-12-6-4-5-9-18-12)14-15(21-11-20-14)17(23)24-13-7-2-1-3-8-13/h1-9,11H,10H2,(H,19,22)(H,20,21). The minimum atomic E-state index is -0.679. The molecule has 0 atom stereocenters. The SMILES string of the molecule is O=C(NCc1ccccn1)c1nc[nH]c1C(=O)Oc1ccccc1. The molecule has 2 heterocycles. The van der Waals surface area contributed by atoms with Gasteiger partial charge in [0.05, 0.1) is 18.6 Å². The highest BCUT2D eigenvalue weighted by Crippen LogP contribution is 2.12. The number of carbonyl (C=O) groups is 2. The molecule has 0 aliphatic heterocycles. The maximum absolute atomic E-state index is 12.2. The fourth-order valence-electron chi connectivity index (χ4n) is 2.03. The first-order valence-electron chi connectivity index (χ1n) is 7.23. The molecule has 1 aromatic carbocycles. The maximum Gasteiger partial charge on any atom is 0.362 e. The topological polar surface area (TPSA) is 97.0 Å². The van der Waals surface area contributed by atoms with E-state index in [1.165, 1.54) is 6.33 Å². The molecule has 7 nitrogen and oxygen atoms in total. The van der Waals surface area contributed by atoms with E-state index in [9.17, 15) is 9.59 Å². The number of H-pyrrole nitrogens is 1. The molecule has 0 fully saturated rings. The van der Waals surface area contributed by atoms with Crippen LogP contribution in [-0.4, -0.2) is 26.8 Å². The van der Waals surface area contributed by atoms with Gasteiger partial charge in [0.2, 0.25) is 0 Å². The number of aromatic amines is 1. The monoisotopic (exact) mass is 322 g/mol. The lowest BCUT2D eigenvalue weighted by Gasteiger charge is -2.05. The molecule has 3 aromatic rings. The van der Waals surface area contributed by atoms with Crippen molar-refractivity contribution < 1.29 is 14.3 Å². The maximum atomic E-state index is 12.2. The minimum Gasteiger partial charge on any atom is -0.422 e. The van der Waals surface area contributed by atoms with Gasteiger partial charge in [-0.3, -0.25) is 9.78 Å². The molecular formula is C17H14N4O3. The van der Waals surface area contributed by atoms with Crippen molar-refractivity contribution in [1.29, 1.82) is 0 Å². The quantitative estimate of drug-likeness (QED) is 0.553. The molecule has 0 unspecified atom stereocenters. The molecule has 0 saturated heterocycles. The van der Waals surface area contributed by atoms with Gasteiger partial charge in [0, 0.05) is 6.20 Å². The van der Waals surface area contributed by atoms with Crippen LogP contribution in [0.1, 0.15) is 26.7 Å².